The third-order valence-corrected chi connectivity index (χ3v) is 4.23. The van der Waals surface area contributed by atoms with Crippen LogP contribution in [-0.4, -0.2) is 44.4 Å². The zero-order valence-electron chi connectivity index (χ0n) is 13.0. The third kappa shape index (κ3) is 3.71. The monoisotopic (exact) mass is 306 g/mol. The highest BCUT2D eigenvalue weighted by molar-refractivity contribution is 5.76. The van der Waals surface area contributed by atoms with Gasteiger partial charge in [-0.15, -0.1) is 0 Å². The number of carbonyl (C=O) groups is 1. The van der Waals surface area contributed by atoms with Gasteiger partial charge >= 0.3 is 5.97 Å². The summed E-state index contributed by atoms with van der Waals surface area (Å²) in [6.45, 7) is 5.39. The SMILES string of the molecule is C[C@H](C[NH+]1CCCCC1)OC(=O)[C@H]1COc2ccccc2O1. The van der Waals surface area contributed by atoms with Crippen molar-refractivity contribution < 1.29 is 23.9 Å². The molecule has 2 heterocycles. The van der Waals surface area contributed by atoms with Crippen molar-refractivity contribution in [3.8, 4) is 11.5 Å². The Kier molecular flexibility index (Phi) is 4.83. The summed E-state index contributed by atoms with van der Waals surface area (Å²) in [7, 11) is 0. The number of nitrogens with one attached hydrogen (secondary N) is 1. The maximum Gasteiger partial charge on any atom is 0.351 e. The maximum atomic E-state index is 12.2. The van der Waals surface area contributed by atoms with Gasteiger partial charge in [0.05, 0.1) is 13.1 Å². The number of esters is 1. The molecule has 3 rings (SSSR count). The van der Waals surface area contributed by atoms with Gasteiger partial charge in [0.2, 0.25) is 6.10 Å². The average molecular weight is 306 g/mol. The Labute approximate surface area is 131 Å². The number of carbonyl (C=O) groups excluding carboxylic acids is 1. The first-order valence-electron chi connectivity index (χ1n) is 8.15. The van der Waals surface area contributed by atoms with Gasteiger partial charge in [0.25, 0.3) is 0 Å². The number of ether oxygens (including phenoxy) is 3. The molecule has 0 spiro atoms. The molecule has 1 aromatic rings. The number of benzene rings is 1. The zero-order chi connectivity index (χ0) is 15.4. The Bertz CT molecular complexity index is 513. The standard InChI is InChI=1S/C17H23NO4/c1-13(11-18-9-5-2-6-10-18)21-17(19)16-12-20-14-7-3-4-8-15(14)22-16/h3-4,7-8,13,16H,2,5-6,9-12H2,1H3/p+1/t13-,16-/m1/s1. The summed E-state index contributed by atoms with van der Waals surface area (Å²) in [5.41, 5.74) is 0. The van der Waals surface area contributed by atoms with Crippen LogP contribution in [0.1, 0.15) is 26.2 Å². The number of quaternary nitrogens is 1. The smallest absolute Gasteiger partial charge is 0.351 e. The molecule has 1 saturated heterocycles. The second kappa shape index (κ2) is 7.01. The minimum absolute atomic E-state index is 0.0960. The lowest BCUT2D eigenvalue weighted by Gasteiger charge is -2.28. The minimum Gasteiger partial charge on any atom is -0.485 e. The normalized spacial score (nSPS) is 22.9. The average Bonchev–Trinajstić information content (AvgIpc) is 2.55. The molecule has 22 heavy (non-hydrogen) atoms. The first kappa shape index (κ1) is 15.2. The fourth-order valence-electron chi connectivity index (χ4n) is 3.11. The first-order valence-corrected chi connectivity index (χ1v) is 8.15. The summed E-state index contributed by atoms with van der Waals surface area (Å²) >= 11 is 0. The highest BCUT2D eigenvalue weighted by Gasteiger charge is 2.30. The Hall–Kier alpha value is -1.75. The fraction of sp³-hybridized carbons (Fsp3) is 0.588. The van der Waals surface area contributed by atoms with E-state index in [4.69, 9.17) is 14.2 Å². The van der Waals surface area contributed by atoms with Gasteiger partial charge in [0.1, 0.15) is 19.3 Å². The lowest BCUT2D eigenvalue weighted by Crippen LogP contribution is -3.13. The number of rotatable bonds is 4. The number of likely N-dealkylation sites (tertiary alicyclic amines) is 1. The molecule has 0 aromatic heterocycles. The Balaban J connectivity index is 1.49. The lowest BCUT2D eigenvalue weighted by atomic mass is 10.1. The third-order valence-electron chi connectivity index (χ3n) is 4.23. The molecule has 2 atom stereocenters. The molecule has 0 saturated carbocycles. The Morgan fingerprint density at radius 2 is 2.00 bits per heavy atom. The fourth-order valence-corrected chi connectivity index (χ4v) is 3.11. The van der Waals surface area contributed by atoms with Crippen molar-refractivity contribution in [1.29, 1.82) is 0 Å². The van der Waals surface area contributed by atoms with Gasteiger partial charge in [-0.2, -0.15) is 0 Å². The van der Waals surface area contributed by atoms with E-state index in [1.165, 1.54) is 37.3 Å². The van der Waals surface area contributed by atoms with Crippen molar-refractivity contribution in [2.75, 3.05) is 26.2 Å². The van der Waals surface area contributed by atoms with Crippen LogP contribution in [0.2, 0.25) is 0 Å². The van der Waals surface area contributed by atoms with Crippen LogP contribution in [0, 0.1) is 0 Å². The number of fused-ring (bicyclic) bond motifs is 1. The van der Waals surface area contributed by atoms with E-state index in [1.54, 1.807) is 6.07 Å². The van der Waals surface area contributed by atoms with E-state index in [-0.39, 0.29) is 18.7 Å². The summed E-state index contributed by atoms with van der Waals surface area (Å²) < 4.78 is 16.8. The van der Waals surface area contributed by atoms with Crippen molar-refractivity contribution in [2.45, 2.75) is 38.4 Å². The van der Waals surface area contributed by atoms with Crippen LogP contribution in [0.5, 0.6) is 11.5 Å². The predicted octanol–water partition coefficient (Wildman–Crippen LogP) is 0.827. The molecule has 0 bridgehead atoms. The van der Waals surface area contributed by atoms with Gasteiger partial charge in [-0.05, 0) is 38.3 Å². The molecule has 2 aliphatic rings. The number of hydrogen-bond acceptors (Lipinski definition) is 4. The van der Waals surface area contributed by atoms with Gasteiger partial charge in [-0.1, -0.05) is 12.1 Å². The van der Waals surface area contributed by atoms with Crippen LogP contribution < -0.4 is 14.4 Å². The molecular weight excluding hydrogens is 282 g/mol. The van der Waals surface area contributed by atoms with Crippen LogP contribution in [-0.2, 0) is 9.53 Å². The molecule has 1 aromatic carbocycles. The number of hydrogen-bond donors (Lipinski definition) is 1. The summed E-state index contributed by atoms with van der Waals surface area (Å²) in [4.78, 5) is 13.7. The van der Waals surface area contributed by atoms with Crippen molar-refractivity contribution in [3.05, 3.63) is 24.3 Å². The highest BCUT2D eigenvalue weighted by atomic mass is 16.6. The Morgan fingerprint density at radius 1 is 1.27 bits per heavy atom. The quantitative estimate of drug-likeness (QED) is 0.837. The van der Waals surface area contributed by atoms with E-state index in [0.717, 1.165) is 6.54 Å². The van der Waals surface area contributed by atoms with Gasteiger partial charge in [0, 0.05) is 0 Å². The van der Waals surface area contributed by atoms with Gasteiger partial charge in [0.15, 0.2) is 11.5 Å². The minimum atomic E-state index is -0.672. The van der Waals surface area contributed by atoms with Crippen molar-refractivity contribution in [2.24, 2.45) is 0 Å². The lowest BCUT2D eigenvalue weighted by molar-refractivity contribution is -0.907. The summed E-state index contributed by atoms with van der Waals surface area (Å²) in [6, 6.07) is 7.37. The van der Waals surface area contributed by atoms with Crippen molar-refractivity contribution in [3.63, 3.8) is 0 Å². The molecule has 0 unspecified atom stereocenters. The molecule has 0 aliphatic carbocycles. The van der Waals surface area contributed by atoms with Crippen LogP contribution in [0.3, 0.4) is 0 Å². The molecule has 0 amide bonds. The Morgan fingerprint density at radius 3 is 2.77 bits per heavy atom. The first-order chi connectivity index (χ1) is 10.7. The van der Waals surface area contributed by atoms with Crippen molar-refractivity contribution in [1.82, 2.24) is 0 Å². The molecule has 5 heteroatoms. The summed E-state index contributed by atoms with van der Waals surface area (Å²) in [5.74, 6) is 0.945. The largest absolute Gasteiger partial charge is 0.485 e. The van der Waals surface area contributed by atoms with Crippen molar-refractivity contribution >= 4 is 5.97 Å². The van der Waals surface area contributed by atoms with E-state index < -0.39 is 6.10 Å². The zero-order valence-corrected chi connectivity index (χ0v) is 13.0. The molecule has 1 fully saturated rings. The van der Waals surface area contributed by atoms with Gasteiger partial charge in [-0.3, -0.25) is 0 Å². The topological polar surface area (TPSA) is 49.2 Å². The van der Waals surface area contributed by atoms with E-state index in [1.807, 2.05) is 25.1 Å². The summed E-state index contributed by atoms with van der Waals surface area (Å²) in [6.07, 6.45) is 3.10. The van der Waals surface area contributed by atoms with Gasteiger partial charge in [-0.25, -0.2) is 4.79 Å². The molecule has 2 aliphatic heterocycles. The number of para-hydroxylation sites is 2. The maximum absolute atomic E-state index is 12.2. The molecule has 0 radical (unpaired) electrons. The molecule has 120 valence electrons. The van der Waals surface area contributed by atoms with Crippen LogP contribution >= 0.6 is 0 Å². The highest BCUT2D eigenvalue weighted by Crippen LogP contribution is 2.31. The van der Waals surface area contributed by atoms with Gasteiger partial charge < -0.3 is 19.1 Å². The summed E-state index contributed by atoms with van der Waals surface area (Å²) in [5, 5.41) is 0. The van der Waals surface area contributed by atoms with Crippen LogP contribution in [0.15, 0.2) is 24.3 Å². The van der Waals surface area contributed by atoms with E-state index >= 15 is 0 Å². The number of piperidine rings is 1. The van der Waals surface area contributed by atoms with E-state index in [0.29, 0.717) is 11.5 Å². The van der Waals surface area contributed by atoms with Crippen LogP contribution in [0.25, 0.3) is 0 Å². The second-order valence-electron chi connectivity index (χ2n) is 6.13. The molecule has 5 nitrogen and oxygen atoms in total. The van der Waals surface area contributed by atoms with Crippen LogP contribution in [0.4, 0.5) is 0 Å². The second-order valence-corrected chi connectivity index (χ2v) is 6.13. The molecule has 1 N–H and O–H groups in total. The van der Waals surface area contributed by atoms with E-state index in [2.05, 4.69) is 0 Å². The molecular formula is C17H24NO4+. The van der Waals surface area contributed by atoms with E-state index in [9.17, 15) is 4.79 Å². The predicted molar refractivity (Wildman–Crippen MR) is 81.3 cm³/mol.